The molecule has 0 radical (unpaired) electrons. The van der Waals surface area contributed by atoms with E-state index in [0.29, 0.717) is 17.7 Å². The molecule has 0 aliphatic carbocycles. The van der Waals surface area contributed by atoms with Gasteiger partial charge in [-0.2, -0.15) is 0 Å². The number of likely N-dealkylation sites (N-methyl/N-ethyl adjacent to an activating group) is 1. The minimum atomic E-state index is -0.625. The van der Waals surface area contributed by atoms with Crippen LogP contribution in [-0.4, -0.2) is 85.9 Å². The Hall–Kier alpha value is -2.45. The molecule has 0 saturated carbocycles. The first-order valence-electron chi connectivity index (χ1n) is 13.6. The van der Waals surface area contributed by atoms with E-state index in [1.54, 1.807) is 11.0 Å². The minimum absolute atomic E-state index is 0.0406. The van der Waals surface area contributed by atoms with Crippen molar-refractivity contribution >= 4 is 23.3 Å². The summed E-state index contributed by atoms with van der Waals surface area (Å²) in [4.78, 5) is 46.5. The molecule has 3 fully saturated rings. The molecule has 37 heavy (non-hydrogen) atoms. The second-order valence-electron chi connectivity index (χ2n) is 12.9. The number of nitrogens with zero attached hydrogens (tertiary/aromatic N) is 3. The monoisotopic (exact) mass is 512 g/mol. The molecule has 3 aliphatic heterocycles. The van der Waals surface area contributed by atoms with Crippen LogP contribution in [0.15, 0.2) is 18.2 Å². The molecular weight excluding hydrogens is 468 g/mol. The Balaban J connectivity index is 1.79. The standard InChI is InChI=1S/C29H44N4O4/c1-8-29(5,6)23(27(36)33-16-21(28(2,3)4)25-24(33)22(34)17-37-25)20-15-18(9-10-19(20)26(30)35)32-13-11-31(7)12-14-32/h9-10,15,21,23-25H,8,11-14,16-17H2,1-7H3,(H2,30,35)/t21-,23-,24+,25+/m0/s1. The molecule has 0 bridgehead atoms. The van der Waals surface area contributed by atoms with Gasteiger partial charge in [0.15, 0.2) is 5.78 Å². The molecule has 8 heteroatoms. The molecule has 0 unspecified atom stereocenters. The number of carbonyl (C=O) groups is 3. The molecule has 0 aromatic heterocycles. The lowest BCUT2D eigenvalue weighted by molar-refractivity contribution is -0.140. The summed E-state index contributed by atoms with van der Waals surface area (Å²) in [5.41, 5.74) is 7.28. The predicted molar refractivity (Wildman–Crippen MR) is 145 cm³/mol. The summed E-state index contributed by atoms with van der Waals surface area (Å²) in [6.07, 6.45) is 0.421. The number of benzene rings is 1. The molecule has 3 saturated heterocycles. The fraction of sp³-hybridized carbons (Fsp3) is 0.690. The first kappa shape index (κ1) is 27.6. The zero-order valence-electron chi connectivity index (χ0n) is 23.5. The maximum atomic E-state index is 14.6. The number of amides is 2. The lowest BCUT2D eigenvalue weighted by atomic mass is 9.71. The van der Waals surface area contributed by atoms with Crippen molar-refractivity contribution in [3.05, 3.63) is 29.3 Å². The van der Waals surface area contributed by atoms with Crippen LogP contribution in [0.3, 0.4) is 0 Å². The average molecular weight is 513 g/mol. The second-order valence-corrected chi connectivity index (χ2v) is 12.9. The van der Waals surface area contributed by atoms with Crippen LogP contribution in [-0.2, 0) is 14.3 Å². The quantitative estimate of drug-likeness (QED) is 0.630. The normalized spacial score (nSPS) is 25.9. The molecule has 2 amide bonds. The van der Waals surface area contributed by atoms with Crippen LogP contribution < -0.4 is 10.6 Å². The molecular formula is C29H44N4O4. The van der Waals surface area contributed by atoms with Gasteiger partial charge in [-0.15, -0.1) is 0 Å². The van der Waals surface area contributed by atoms with Crippen molar-refractivity contribution in [2.24, 2.45) is 22.5 Å². The number of carbonyl (C=O) groups excluding carboxylic acids is 3. The molecule has 4 rings (SSSR count). The fourth-order valence-corrected chi connectivity index (χ4v) is 6.18. The van der Waals surface area contributed by atoms with Crippen molar-refractivity contribution in [3.8, 4) is 0 Å². The first-order chi connectivity index (χ1) is 17.3. The summed E-state index contributed by atoms with van der Waals surface area (Å²) < 4.78 is 5.95. The van der Waals surface area contributed by atoms with Gasteiger partial charge in [-0.05, 0) is 48.1 Å². The van der Waals surface area contributed by atoms with Gasteiger partial charge in [0.25, 0.3) is 0 Å². The lowest BCUT2D eigenvalue weighted by Crippen LogP contribution is -2.47. The Labute approximate surface area is 221 Å². The first-order valence-corrected chi connectivity index (χ1v) is 13.6. The minimum Gasteiger partial charge on any atom is -0.369 e. The van der Waals surface area contributed by atoms with Gasteiger partial charge < -0.3 is 25.2 Å². The SMILES string of the molecule is CCC(C)(C)[C@H](C(=O)N1C[C@H](C(C)(C)C)[C@H]2OCC(=O)[C@H]21)c1cc(N2CCN(C)CC2)ccc1C(N)=O. The highest BCUT2D eigenvalue weighted by atomic mass is 16.5. The Morgan fingerprint density at radius 3 is 2.32 bits per heavy atom. The number of ether oxygens (including phenoxy) is 1. The number of anilines is 1. The van der Waals surface area contributed by atoms with E-state index in [0.717, 1.165) is 38.3 Å². The maximum absolute atomic E-state index is 14.6. The van der Waals surface area contributed by atoms with E-state index >= 15 is 0 Å². The van der Waals surface area contributed by atoms with Crippen LogP contribution in [0, 0.1) is 16.7 Å². The van der Waals surface area contributed by atoms with E-state index in [1.807, 2.05) is 12.1 Å². The number of nitrogens with two attached hydrogens (primary N) is 1. The molecule has 0 spiro atoms. The molecule has 2 N–H and O–H groups in total. The fourth-order valence-electron chi connectivity index (χ4n) is 6.18. The predicted octanol–water partition coefficient (Wildman–Crippen LogP) is 2.90. The van der Waals surface area contributed by atoms with Crippen molar-refractivity contribution in [1.29, 1.82) is 0 Å². The number of likely N-dealkylation sites (tertiary alicyclic amines) is 1. The van der Waals surface area contributed by atoms with Gasteiger partial charge >= 0.3 is 0 Å². The summed E-state index contributed by atoms with van der Waals surface area (Å²) in [5, 5.41) is 0. The van der Waals surface area contributed by atoms with Gasteiger partial charge in [0, 0.05) is 49.9 Å². The van der Waals surface area contributed by atoms with Gasteiger partial charge in [0.05, 0.1) is 12.0 Å². The molecule has 204 valence electrons. The van der Waals surface area contributed by atoms with Crippen LogP contribution in [0.2, 0.25) is 0 Å². The Bertz CT molecular complexity index is 1050. The van der Waals surface area contributed by atoms with Crippen molar-refractivity contribution in [1.82, 2.24) is 9.80 Å². The summed E-state index contributed by atoms with van der Waals surface area (Å²) in [7, 11) is 2.11. The van der Waals surface area contributed by atoms with Crippen molar-refractivity contribution in [2.45, 2.75) is 66.0 Å². The van der Waals surface area contributed by atoms with E-state index in [1.165, 1.54) is 0 Å². The topological polar surface area (TPSA) is 96.2 Å². The van der Waals surface area contributed by atoms with Crippen molar-refractivity contribution in [3.63, 3.8) is 0 Å². The van der Waals surface area contributed by atoms with Gasteiger partial charge in [-0.25, -0.2) is 0 Å². The number of hydrogen-bond donors (Lipinski definition) is 1. The van der Waals surface area contributed by atoms with Gasteiger partial charge in [-0.1, -0.05) is 41.5 Å². The lowest BCUT2D eigenvalue weighted by Gasteiger charge is -2.39. The smallest absolute Gasteiger partial charge is 0.249 e. The van der Waals surface area contributed by atoms with Gasteiger partial charge in [0.2, 0.25) is 11.8 Å². The van der Waals surface area contributed by atoms with Gasteiger partial charge in [0.1, 0.15) is 12.6 Å². The highest BCUT2D eigenvalue weighted by Crippen LogP contribution is 2.47. The summed E-state index contributed by atoms with van der Waals surface area (Å²) in [5.74, 6) is -1.28. The average Bonchev–Trinajstić information content (AvgIpc) is 3.40. The highest BCUT2D eigenvalue weighted by molar-refractivity contribution is 5.99. The third kappa shape index (κ3) is 5.15. The Morgan fingerprint density at radius 1 is 1.11 bits per heavy atom. The summed E-state index contributed by atoms with van der Waals surface area (Å²) >= 11 is 0. The van der Waals surface area contributed by atoms with E-state index in [-0.39, 0.29) is 35.7 Å². The number of Topliss-reactive ketones (excluding diaryl/α,β-unsaturated/α-hetero) is 1. The van der Waals surface area contributed by atoms with Crippen molar-refractivity contribution < 1.29 is 19.1 Å². The Morgan fingerprint density at radius 2 is 1.76 bits per heavy atom. The third-order valence-corrected chi connectivity index (χ3v) is 9.00. The van der Waals surface area contributed by atoms with Crippen molar-refractivity contribution in [2.75, 3.05) is 51.3 Å². The number of hydrogen-bond acceptors (Lipinski definition) is 6. The van der Waals surface area contributed by atoms with Crippen LogP contribution in [0.5, 0.6) is 0 Å². The van der Waals surface area contributed by atoms with Crippen LogP contribution in [0.4, 0.5) is 5.69 Å². The van der Waals surface area contributed by atoms with Crippen LogP contribution in [0.25, 0.3) is 0 Å². The molecule has 8 nitrogen and oxygen atoms in total. The number of primary amides is 1. The number of ketones is 1. The van der Waals surface area contributed by atoms with E-state index in [2.05, 4.69) is 58.4 Å². The Kier molecular flexibility index (Phi) is 7.47. The van der Waals surface area contributed by atoms with Crippen LogP contribution >= 0.6 is 0 Å². The number of piperazine rings is 1. The molecule has 1 aromatic rings. The largest absolute Gasteiger partial charge is 0.369 e. The second kappa shape index (κ2) is 10.0. The summed E-state index contributed by atoms with van der Waals surface area (Å²) in [6, 6.07) is 5.12. The highest BCUT2D eigenvalue weighted by Gasteiger charge is 2.56. The van der Waals surface area contributed by atoms with Gasteiger partial charge in [-0.3, -0.25) is 14.4 Å². The molecule has 3 aliphatic rings. The van der Waals surface area contributed by atoms with E-state index in [9.17, 15) is 14.4 Å². The van der Waals surface area contributed by atoms with Crippen LogP contribution in [0.1, 0.15) is 69.8 Å². The maximum Gasteiger partial charge on any atom is 0.249 e. The molecule has 3 heterocycles. The van der Waals surface area contributed by atoms with E-state index < -0.39 is 23.3 Å². The molecule has 1 aromatic carbocycles. The number of rotatable bonds is 6. The third-order valence-electron chi connectivity index (χ3n) is 9.00. The zero-order valence-corrected chi connectivity index (χ0v) is 23.5. The number of fused-ring (bicyclic) bond motifs is 1. The van der Waals surface area contributed by atoms with E-state index in [4.69, 9.17) is 10.5 Å². The molecule has 4 atom stereocenters. The summed E-state index contributed by atoms with van der Waals surface area (Å²) in [6.45, 7) is 16.7. The zero-order chi connectivity index (χ0) is 27.3.